The zero-order valence-electron chi connectivity index (χ0n) is 59.8. The van der Waals surface area contributed by atoms with Crippen LogP contribution in [0.4, 0.5) is 0 Å². The molecule has 0 aromatic carbocycles. The lowest BCUT2D eigenvalue weighted by molar-refractivity contribution is -0.161. The van der Waals surface area contributed by atoms with E-state index in [1.807, 2.05) is 18.2 Å². The van der Waals surface area contributed by atoms with Gasteiger partial charge in [0.25, 0.3) is 0 Å². The summed E-state index contributed by atoms with van der Waals surface area (Å²) in [6.45, 7) is 4.45. The third-order valence-electron chi connectivity index (χ3n) is 14.9. The molecule has 0 heterocycles. The second kappa shape index (κ2) is 69.0. The summed E-state index contributed by atoms with van der Waals surface area (Å²) in [5.74, 6) is -2.37. The fourth-order valence-electron chi connectivity index (χ4n) is 9.30. The Labute approximate surface area is 581 Å². The molecule has 19 heteroatoms. The van der Waals surface area contributed by atoms with Crippen molar-refractivity contribution in [1.82, 2.24) is 0 Å². The average Bonchev–Trinajstić information content (AvgIpc) is 1.36. The Bertz CT molecular complexity index is 2300. The maximum atomic E-state index is 13.0. The normalized spacial score (nSPS) is 14.7. The molecule has 0 spiro atoms. The maximum Gasteiger partial charge on any atom is 0.472 e. The van der Waals surface area contributed by atoms with Gasteiger partial charge in [0, 0.05) is 19.3 Å². The van der Waals surface area contributed by atoms with E-state index in [2.05, 4.69) is 125 Å². The van der Waals surface area contributed by atoms with Crippen LogP contribution in [0, 0.1) is 0 Å². The molecule has 0 bridgehead atoms. The molecule has 0 aromatic heterocycles. The Morgan fingerprint density at radius 1 is 0.312 bits per heavy atom. The van der Waals surface area contributed by atoms with Crippen LogP contribution in [0.2, 0.25) is 0 Å². The predicted octanol–water partition coefficient (Wildman–Crippen LogP) is 20.8. The second-order valence-electron chi connectivity index (χ2n) is 24.2. The van der Waals surface area contributed by atoms with E-state index in [1.165, 1.54) is 38.5 Å². The van der Waals surface area contributed by atoms with Crippen molar-refractivity contribution in [3.63, 3.8) is 0 Å². The summed E-state index contributed by atoms with van der Waals surface area (Å²) in [4.78, 5) is 72.6. The second-order valence-corrected chi connectivity index (χ2v) is 27.1. The first-order valence-electron chi connectivity index (χ1n) is 36.8. The highest BCUT2D eigenvalue weighted by molar-refractivity contribution is 7.47. The first kappa shape index (κ1) is 91.5. The van der Waals surface area contributed by atoms with E-state index in [4.69, 9.17) is 37.0 Å². The van der Waals surface area contributed by atoms with Gasteiger partial charge in [0.05, 0.1) is 32.8 Å². The smallest absolute Gasteiger partial charge is 0.462 e. The number of ether oxygens (including phenoxy) is 4. The lowest BCUT2D eigenvalue weighted by atomic mass is 10.1. The minimum Gasteiger partial charge on any atom is -0.462 e. The Hall–Kier alpha value is -4.54. The minimum absolute atomic E-state index is 0.0634. The third kappa shape index (κ3) is 68.0. The molecule has 550 valence electrons. The first-order valence-corrected chi connectivity index (χ1v) is 39.8. The van der Waals surface area contributed by atoms with E-state index in [0.29, 0.717) is 25.7 Å². The fraction of sp³-hybridized carbons (Fsp3) is 0.688. The number of carbonyl (C=O) groups excluding carboxylic acids is 4. The quantitative estimate of drug-likeness (QED) is 0.0169. The van der Waals surface area contributed by atoms with Gasteiger partial charge in [0.1, 0.15) is 19.3 Å². The van der Waals surface area contributed by atoms with Gasteiger partial charge in [0.15, 0.2) is 12.2 Å². The standard InChI is InChI=1S/C77H130O17P2/c1-5-9-13-17-21-25-29-33-35-39-42-46-50-54-58-62-75(80)88-68-73(94-77(82)64-60-56-52-48-44-40-36-34-30-26-22-18-14-10-6-2)70-92-96(85,86)90-66-71(78)65-89-95(83,84)91-69-72(93-76(81)63-59-55-51-47-43-38-32-28-24-20-16-12-8-4)67-87-74(79)61-57-53-49-45-41-37-31-27-23-19-15-11-7-3/h9,13,15-16,19-21,25,27-28,31-36,42,46,54,58,71-73,78H,5-8,10-12,14,17-18,22-24,26,29-30,37-41,43-45,47-53,55-57,59-70H2,1-4H3,(H,83,84)(H,85,86)/b13-9-,19-15-,20-16-,25-21-,31-27-,32-28-,35-33-,36-34-,46-42-,58-54-. The molecule has 96 heavy (non-hydrogen) atoms. The molecular weight excluding hydrogens is 1260 g/mol. The van der Waals surface area contributed by atoms with Crippen LogP contribution in [0.1, 0.15) is 285 Å². The summed E-state index contributed by atoms with van der Waals surface area (Å²) >= 11 is 0. The molecule has 0 aromatic rings. The average molecular weight is 1390 g/mol. The number of unbranched alkanes of at least 4 members (excludes halogenated alkanes) is 23. The molecule has 0 rings (SSSR count). The molecule has 0 aliphatic carbocycles. The van der Waals surface area contributed by atoms with E-state index < -0.39 is 97.5 Å². The number of esters is 4. The molecule has 0 saturated carbocycles. The van der Waals surface area contributed by atoms with E-state index in [9.17, 15) is 43.2 Å². The van der Waals surface area contributed by atoms with Crippen molar-refractivity contribution in [2.75, 3.05) is 39.6 Å². The van der Waals surface area contributed by atoms with Crippen molar-refractivity contribution in [3.8, 4) is 0 Å². The number of phosphoric ester groups is 2. The van der Waals surface area contributed by atoms with Crippen LogP contribution < -0.4 is 0 Å². The van der Waals surface area contributed by atoms with Crippen molar-refractivity contribution in [3.05, 3.63) is 122 Å². The predicted molar refractivity (Wildman–Crippen MR) is 390 cm³/mol. The molecule has 3 N–H and O–H groups in total. The van der Waals surface area contributed by atoms with E-state index in [-0.39, 0.29) is 25.7 Å². The van der Waals surface area contributed by atoms with Crippen LogP contribution in [0.15, 0.2) is 122 Å². The molecular formula is C77H130O17P2. The highest BCUT2D eigenvalue weighted by Gasteiger charge is 2.30. The molecule has 17 nitrogen and oxygen atoms in total. The van der Waals surface area contributed by atoms with Gasteiger partial charge in [-0.2, -0.15) is 0 Å². The molecule has 5 unspecified atom stereocenters. The third-order valence-corrected chi connectivity index (χ3v) is 16.8. The van der Waals surface area contributed by atoms with Crippen LogP contribution in [0.25, 0.3) is 0 Å². The molecule has 0 aliphatic heterocycles. The summed E-state index contributed by atoms with van der Waals surface area (Å²) in [5.41, 5.74) is 0. The van der Waals surface area contributed by atoms with Gasteiger partial charge in [-0.05, 0) is 128 Å². The van der Waals surface area contributed by atoms with E-state index >= 15 is 0 Å². The van der Waals surface area contributed by atoms with Crippen molar-refractivity contribution < 1.29 is 80.2 Å². The monoisotopic (exact) mass is 1390 g/mol. The summed E-state index contributed by atoms with van der Waals surface area (Å²) < 4.78 is 68.2. The Kier molecular flexibility index (Phi) is 65.7. The van der Waals surface area contributed by atoms with Crippen molar-refractivity contribution in [1.29, 1.82) is 0 Å². The number of hydrogen-bond donors (Lipinski definition) is 3. The van der Waals surface area contributed by atoms with Crippen LogP contribution in [0.5, 0.6) is 0 Å². The number of hydrogen-bond acceptors (Lipinski definition) is 15. The summed E-state index contributed by atoms with van der Waals surface area (Å²) in [6, 6.07) is 0. The molecule has 0 saturated heterocycles. The fourth-order valence-corrected chi connectivity index (χ4v) is 10.9. The summed E-state index contributed by atoms with van der Waals surface area (Å²) in [6.07, 6.45) is 73.7. The SMILES string of the molecule is CC/C=C\C/C=C\C/C=C\C/C=C\C/C=C\CC(=O)OCC(COP(=O)(O)OCC(O)COP(=O)(O)OCC(COC(=O)CCCCCCC/C=C\C/C=C\CCC)OC(=O)CCCCCCC/C=C\C/C=C\CCC)OC(=O)CCCCCCC/C=C\CCCCCCCC. The first-order chi connectivity index (χ1) is 46.7. The van der Waals surface area contributed by atoms with Gasteiger partial charge in [-0.25, -0.2) is 9.13 Å². The van der Waals surface area contributed by atoms with Crippen LogP contribution >= 0.6 is 15.6 Å². The van der Waals surface area contributed by atoms with Gasteiger partial charge >= 0.3 is 39.5 Å². The number of phosphoric acid groups is 2. The lowest BCUT2D eigenvalue weighted by Crippen LogP contribution is -2.30. The largest absolute Gasteiger partial charge is 0.472 e. The van der Waals surface area contributed by atoms with Gasteiger partial charge in [-0.1, -0.05) is 252 Å². The number of allylic oxidation sites excluding steroid dienone is 19. The zero-order chi connectivity index (χ0) is 70.4. The highest BCUT2D eigenvalue weighted by Crippen LogP contribution is 2.45. The zero-order valence-corrected chi connectivity index (χ0v) is 61.5. The Morgan fingerprint density at radius 3 is 0.979 bits per heavy atom. The van der Waals surface area contributed by atoms with E-state index in [0.717, 1.165) is 167 Å². The van der Waals surface area contributed by atoms with Crippen LogP contribution in [0.3, 0.4) is 0 Å². The molecule has 5 atom stereocenters. The maximum absolute atomic E-state index is 13.0. The molecule has 0 amide bonds. The van der Waals surface area contributed by atoms with Crippen molar-refractivity contribution >= 4 is 39.5 Å². The van der Waals surface area contributed by atoms with Crippen molar-refractivity contribution in [2.24, 2.45) is 0 Å². The van der Waals surface area contributed by atoms with Crippen LogP contribution in [-0.4, -0.2) is 96.7 Å². The van der Waals surface area contributed by atoms with Crippen LogP contribution in [-0.2, 0) is 65.4 Å². The van der Waals surface area contributed by atoms with Gasteiger partial charge in [0.2, 0.25) is 0 Å². The lowest BCUT2D eigenvalue weighted by Gasteiger charge is -2.21. The number of carbonyl (C=O) groups is 4. The number of aliphatic hydroxyl groups is 1. The minimum atomic E-state index is -5.00. The number of aliphatic hydroxyl groups excluding tert-OH is 1. The topological polar surface area (TPSA) is 237 Å². The van der Waals surface area contributed by atoms with Gasteiger partial charge < -0.3 is 33.8 Å². The Balaban J connectivity index is 5.44. The van der Waals surface area contributed by atoms with Gasteiger partial charge in [-0.15, -0.1) is 0 Å². The van der Waals surface area contributed by atoms with Gasteiger partial charge in [-0.3, -0.25) is 37.3 Å². The summed E-state index contributed by atoms with van der Waals surface area (Å²) in [5, 5.41) is 10.6. The van der Waals surface area contributed by atoms with E-state index in [1.54, 1.807) is 6.08 Å². The summed E-state index contributed by atoms with van der Waals surface area (Å²) in [7, 11) is -9.98. The molecule has 0 radical (unpaired) electrons. The van der Waals surface area contributed by atoms with Crippen molar-refractivity contribution in [2.45, 2.75) is 303 Å². The highest BCUT2D eigenvalue weighted by atomic mass is 31.2. The molecule has 0 fully saturated rings. The molecule has 0 aliphatic rings. The number of rotatable bonds is 68. The Morgan fingerprint density at radius 2 is 0.604 bits per heavy atom.